The van der Waals surface area contributed by atoms with E-state index >= 15 is 0 Å². The van der Waals surface area contributed by atoms with Crippen molar-refractivity contribution < 1.29 is 13.2 Å². The highest BCUT2D eigenvalue weighted by molar-refractivity contribution is 7.89. The molecule has 0 amide bonds. The molecule has 32 heavy (non-hydrogen) atoms. The number of nitrogens with one attached hydrogen (secondary N) is 2. The molecule has 1 atom stereocenters. The fraction of sp³-hybridized carbons (Fsp3) is 0.545. The number of rotatable bonds is 7. The Morgan fingerprint density at radius 1 is 1.19 bits per heavy atom. The second-order valence-electron chi connectivity index (χ2n) is 8.21. The van der Waals surface area contributed by atoms with E-state index in [1.165, 1.54) is 4.31 Å². The van der Waals surface area contributed by atoms with Gasteiger partial charge in [-0.25, -0.2) is 18.8 Å². The number of aromatic nitrogens is 2. The molecule has 174 valence electrons. The van der Waals surface area contributed by atoms with Crippen LogP contribution in [0.5, 0.6) is 5.75 Å². The van der Waals surface area contributed by atoms with Gasteiger partial charge in [0, 0.05) is 19.6 Å². The van der Waals surface area contributed by atoms with Crippen LogP contribution in [0.2, 0.25) is 0 Å². The van der Waals surface area contributed by atoms with Gasteiger partial charge < -0.3 is 14.7 Å². The topological polar surface area (TPSA) is 108 Å². The smallest absolute Gasteiger partial charge is 0.276 e. The molecule has 0 spiro atoms. The summed E-state index contributed by atoms with van der Waals surface area (Å²) in [7, 11) is -3.64. The summed E-state index contributed by atoms with van der Waals surface area (Å²) >= 11 is 0. The first-order chi connectivity index (χ1) is 15.4. The van der Waals surface area contributed by atoms with E-state index < -0.39 is 10.0 Å². The van der Waals surface area contributed by atoms with Crippen molar-refractivity contribution in [1.29, 1.82) is 0 Å². The number of piperidine rings is 1. The van der Waals surface area contributed by atoms with Crippen molar-refractivity contribution >= 4 is 15.7 Å². The number of hydrogen-bond acceptors (Lipinski definition) is 7. The Morgan fingerprint density at radius 3 is 2.62 bits per heavy atom. The summed E-state index contributed by atoms with van der Waals surface area (Å²) in [6.45, 7) is 7.99. The van der Waals surface area contributed by atoms with Crippen molar-refractivity contribution in [2.45, 2.75) is 57.4 Å². The maximum atomic E-state index is 13.2. The number of aromatic amines is 1. The van der Waals surface area contributed by atoms with E-state index in [2.05, 4.69) is 10.4 Å². The number of hydrazine groups is 1. The third kappa shape index (κ3) is 4.14. The van der Waals surface area contributed by atoms with Crippen LogP contribution in [0.1, 0.15) is 58.2 Å². The molecule has 0 bridgehead atoms. The zero-order chi connectivity index (χ0) is 22.9. The van der Waals surface area contributed by atoms with Gasteiger partial charge in [0.15, 0.2) is 0 Å². The molecule has 4 rings (SSSR count). The van der Waals surface area contributed by atoms with Crippen LogP contribution in [-0.2, 0) is 10.0 Å². The highest BCUT2D eigenvalue weighted by Crippen LogP contribution is 2.34. The third-order valence-electron chi connectivity index (χ3n) is 5.86. The van der Waals surface area contributed by atoms with Crippen molar-refractivity contribution in [1.82, 2.24) is 19.7 Å². The Balaban J connectivity index is 1.81. The molecule has 10 heteroatoms. The molecule has 1 unspecified atom stereocenters. The fourth-order valence-electron chi connectivity index (χ4n) is 4.32. The SMILES string of the molecule is CCCN1NC(C)c2nc(-c3cc(S(=O)(=O)N4CCCCC4)ccc3OCC)[nH]c(=O)c21. The number of H-pyrrole nitrogens is 1. The van der Waals surface area contributed by atoms with Crippen molar-refractivity contribution in [3.8, 4) is 17.1 Å². The highest BCUT2D eigenvalue weighted by atomic mass is 32.2. The van der Waals surface area contributed by atoms with E-state index in [9.17, 15) is 13.2 Å². The highest BCUT2D eigenvalue weighted by Gasteiger charge is 2.31. The van der Waals surface area contributed by atoms with Crippen molar-refractivity contribution in [2.75, 3.05) is 31.3 Å². The molecule has 1 aromatic carbocycles. The number of sulfonamides is 1. The maximum absolute atomic E-state index is 13.2. The summed E-state index contributed by atoms with van der Waals surface area (Å²) in [5.41, 5.74) is 4.63. The van der Waals surface area contributed by atoms with Gasteiger partial charge in [-0.1, -0.05) is 13.3 Å². The summed E-state index contributed by atoms with van der Waals surface area (Å²) in [6.07, 6.45) is 3.65. The molecule has 9 nitrogen and oxygen atoms in total. The Hall–Kier alpha value is -2.43. The normalized spacial score (nSPS) is 19.2. The molecule has 0 aliphatic carbocycles. The number of anilines is 1. The van der Waals surface area contributed by atoms with Gasteiger partial charge in [-0.15, -0.1) is 0 Å². The zero-order valence-electron chi connectivity index (χ0n) is 18.8. The molecule has 3 heterocycles. The van der Waals surface area contributed by atoms with E-state index in [1.807, 2.05) is 25.8 Å². The number of fused-ring (bicyclic) bond motifs is 1. The molecule has 1 saturated heterocycles. The summed E-state index contributed by atoms with van der Waals surface area (Å²) in [4.78, 5) is 20.8. The van der Waals surface area contributed by atoms with Gasteiger partial charge in [-0.2, -0.15) is 4.31 Å². The zero-order valence-corrected chi connectivity index (χ0v) is 19.7. The van der Waals surface area contributed by atoms with Crippen LogP contribution < -0.4 is 20.7 Å². The maximum Gasteiger partial charge on any atom is 0.276 e. The minimum Gasteiger partial charge on any atom is -0.493 e. The molecule has 2 N–H and O–H groups in total. The lowest BCUT2D eigenvalue weighted by atomic mass is 10.1. The Labute approximate surface area is 188 Å². The predicted molar refractivity (Wildman–Crippen MR) is 123 cm³/mol. The number of nitrogens with zero attached hydrogens (tertiary/aromatic N) is 3. The van der Waals surface area contributed by atoms with Gasteiger partial charge in [-0.05, 0) is 51.3 Å². The summed E-state index contributed by atoms with van der Waals surface area (Å²) in [5, 5.41) is 1.83. The number of ether oxygens (including phenoxy) is 1. The van der Waals surface area contributed by atoms with Crippen LogP contribution >= 0.6 is 0 Å². The van der Waals surface area contributed by atoms with Gasteiger partial charge in [0.2, 0.25) is 10.0 Å². The van der Waals surface area contributed by atoms with Crippen molar-refractivity contribution in [2.24, 2.45) is 0 Å². The average Bonchev–Trinajstić information content (AvgIpc) is 3.10. The Bertz CT molecular complexity index is 1140. The van der Waals surface area contributed by atoms with Gasteiger partial charge in [-0.3, -0.25) is 4.79 Å². The van der Waals surface area contributed by atoms with Crippen LogP contribution in [0.15, 0.2) is 27.9 Å². The minimum atomic E-state index is -3.64. The molecule has 1 aromatic heterocycles. The lowest BCUT2D eigenvalue weighted by Gasteiger charge is -2.26. The van der Waals surface area contributed by atoms with E-state index in [-0.39, 0.29) is 16.5 Å². The predicted octanol–water partition coefficient (Wildman–Crippen LogP) is 2.81. The van der Waals surface area contributed by atoms with Crippen LogP contribution in [0.25, 0.3) is 11.4 Å². The molecule has 2 aromatic rings. The summed E-state index contributed by atoms with van der Waals surface area (Å²) in [5.74, 6) is 0.789. The van der Waals surface area contributed by atoms with E-state index in [1.54, 1.807) is 18.2 Å². The standard InChI is InChI=1S/C22H31N5O4S/c1-4-11-27-20-19(15(3)25-27)23-21(24-22(20)28)17-14-16(9-10-18(17)31-5-2)32(29,30)26-12-7-6-8-13-26/h9-10,14-15,25H,4-8,11-13H2,1-3H3,(H,23,24,28). The van der Waals surface area contributed by atoms with Gasteiger partial charge in [0.25, 0.3) is 5.56 Å². The third-order valence-corrected chi connectivity index (χ3v) is 7.75. The van der Waals surface area contributed by atoms with Crippen LogP contribution in [0.4, 0.5) is 5.69 Å². The molecule has 2 aliphatic heterocycles. The number of benzene rings is 1. The number of hydrogen-bond donors (Lipinski definition) is 2. The van der Waals surface area contributed by atoms with E-state index in [4.69, 9.17) is 9.72 Å². The first-order valence-electron chi connectivity index (χ1n) is 11.3. The summed E-state index contributed by atoms with van der Waals surface area (Å²) < 4.78 is 33.8. The first kappa shape index (κ1) is 22.8. The lowest BCUT2D eigenvalue weighted by Crippen LogP contribution is -2.36. The second-order valence-corrected chi connectivity index (χ2v) is 10.1. The van der Waals surface area contributed by atoms with E-state index in [0.717, 1.165) is 25.7 Å². The molecule has 2 aliphatic rings. The second kappa shape index (κ2) is 9.21. The van der Waals surface area contributed by atoms with Gasteiger partial charge in [0.05, 0.1) is 28.8 Å². The fourth-order valence-corrected chi connectivity index (χ4v) is 5.87. The van der Waals surface area contributed by atoms with Crippen molar-refractivity contribution in [3.05, 3.63) is 34.2 Å². The molecular weight excluding hydrogens is 430 g/mol. The first-order valence-corrected chi connectivity index (χ1v) is 12.8. The molecule has 0 saturated carbocycles. The quantitative estimate of drug-likeness (QED) is 0.653. The monoisotopic (exact) mass is 461 g/mol. The Kier molecular flexibility index (Phi) is 6.55. The van der Waals surface area contributed by atoms with Crippen LogP contribution in [-0.4, -0.2) is 48.9 Å². The lowest BCUT2D eigenvalue weighted by molar-refractivity contribution is 0.340. The molecule has 1 fully saturated rings. The van der Waals surface area contributed by atoms with Crippen molar-refractivity contribution in [3.63, 3.8) is 0 Å². The summed E-state index contributed by atoms with van der Waals surface area (Å²) in [6, 6.07) is 4.65. The van der Waals surface area contributed by atoms with Gasteiger partial charge >= 0.3 is 0 Å². The molecular formula is C22H31N5O4S. The minimum absolute atomic E-state index is 0.131. The largest absolute Gasteiger partial charge is 0.493 e. The average molecular weight is 462 g/mol. The Morgan fingerprint density at radius 2 is 1.94 bits per heavy atom. The molecule has 0 radical (unpaired) electrons. The van der Waals surface area contributed by atoms with Crippen LogP contribution in [0.3, 0.4) is 0 Å². The van der Waals surface area contributed by atoms with Gasteiger partial charge in [0.1, 0.15) is 17.3 Å². The van der Waals surface area contributed by atoms with Crippen LogP contribution in [0, 0.1) is 0 Å². The van der Waals surface area contributed by atoms with E-state index in [0.29, 0.717) is 54.8 Å².